The molecule has 0 radical (unpaired) electrons. The average molecular weight is 399 g/mol. The lowest BCUT2D eigenvalue weighted by atomic mass is 9.75. The van der Waals surface area contributed by atoms with Crippen LogP contribution in [0.15, 0.2) is 29.3 Å². The number of nitrogens with two attached hydrogens (primary N) is 1. The number of halogens is 1. The van der Waals surface area contributed by atoms with Crippen molar-refractivity contribution in [1.82, 2.24) is 4.90 Å². The Balaban J connectivity index is 2.51. The number of unbranched alkanes of at least 4 members (excludes halogenated alkanes) is 1. The van der Waals surface area contributed by atoms with Crippen molar-refractivity contribution in [3.05, 3.63) is 33.4 Å². The number of rotatable bonds is 4. The van der Waals surface area contributed by atoms with Crippen LogP contribution in [-0.2, 0) is 10.3 Å². The minimum Gasteiger partial charge on any atom is -0.369 e. The summed E-state index contributed by atoms with van der Waals surface area (Å²) in [6.45, 7) is 4.16. The van der Waals surface area contributed by atoms with Crippen LogP contribution < -0.4 is 5.73 Å². The van der Waals surface area contributed by atoms with Gasteiger partial charge < -0.3 is 5.73 Å². The summed E-state index contributed by atoms with van der Waals surface area (Å²) >= 11 is 2.28. The Morgan fingerprint density at radius 3 is 2.81 bits per heavy atom. The maximum Gasteiger partial charge on any atom is 0.234 e. The van der Waals surface area contributed by atoms with E-state index in [1.807, 2.05) is 25.1 Å². The van der Waals surface area contributed by atoms with E-state index < -0.39 is 5.54 Å². The zero-order valence-corrected chi connectivity index (χ0v) is 14.9. The number of carbonyl (C=O) groups is 1. The lowest BCUT2D eigenvalue weighted by Gasteiger charge is -2.40. The zero-order chi connectivity index (χ0) is 15.6. The fourth-order valence-corrected chi connectivity index (χ4v) is 3.40. The Kier molecular flexibility index (Phi) is 4.91. The van der Waals surface area contributed by atoms with Gasteiger partial charge in [-0.2, -0.15) is 0 Å². The van der Waals surface area contributed by atoms with Gasteiger partial charge in [0.05, 0.1) is 11.5 Å². The molecule has 0 unspecified atom stereocenters. The van der Waals surface area contributed by atoms with Crippen molar-refractivity contribution in [2.45, 2.75) is 38.6 Å². The summed E-state index contributed by atoms with van der Waals surface area (Å²) in [5, 5.41) is 0. The van der Waals surface area contributed by atoms with Crippen molar-refractivity contribution in [3.8, 4) is 0 Å². The highest BCUT2D eigenvalue weighted by Gasteiger charge is 2.45. The van der Waals surface area contributed by atoms with E-state index in [0.717, 1.165) is 28.4 Å². The molecule has 0 fully saturated rings. The van der Waals surface area contributed by atoms with E-state index in [1.54, 1.807) is 7.05 Å². The second kappa shape index (κ2) is 6.34. The minimum absolute atomic E-state index is 0.0670. The molecule has 2 rings (SSSR count). The van der Waals surface area contributed by atoms with E-state index in [-0.39, 0.29) is 11.8 Å². The highest BCUT2D eigenvalue weighted by molar-refractivity contribution is 14.1. The first-order valence-electron chi connectivity index (χ1n) is 7.29. The SMILES string of the molecule is CCCC[C@H]1C(=O)N(C)C(N)=N[C@]1(C)c1cccc(I)c1. The molecular weight excluding hydrogens is 377 g/mol. The highest BCUT2D eigenvalue weighted by Crippen LogP contribution is 2.40. The Morgan fingerprint density at radius 2 is 2.19 bits per heavy atom. The van der Waals surface area contributed by atoms with Crippen molar-refractivity contribution < 1.29 is 4.79 Å². The van der Waals surface area contributed by atoms with Crippen molar-refractivity contribution in [2.75, 3.05) is 7.05 Å². The predicted octanol–water partition coefficient (Wildman–Crippen LogP) is 3.10. The van der Waals surface area contributed by atoms with Gasteiger partial charge in [-0.15, -0.1) is 0 Å². The maximum absolute atomic E-state index is 12.7. The van der Waals surface area contributed by atoms with Crippen molar-refractivity contribution in [2.24, 2.45) is 16.6 Å². The van der Waals surface area contributed by atoms with Gasteiger partial charge in [0.2, 0.25) is 5.91 Å². The third-order valence-corrected chi connectivity index (χ3v) is 4.92. The molecule has 0 aliphatic carbocycles. The summed E-state index contributed by atoms with van der Waals surface area (Å²) in [5.41, 5.74) is 6.44. The third kappa shape index (κ3) is 3.07. The van der Waals surface area contributed by atoms with Gasteiger partial charge in [-0.05, 0) is 53.6 Å². The Morgan fingerprint density at radius 1 is 1.48 bits per heavy atom. The predicted molar refractivity (Wildman–Crippen MR) is 93.9 cm³/mol. The Labute approximate surface area is 139 Å². The van der Waals surface area contributed by atoms with Gasteiger partial charge in [-0.25, -0.2) is 4.99 Å². The summed E-state index contributed by atoms with van der Waals surface area (Å²) in [7, 11) is 1.70. The first-order chi connectivity index (χ1) is 9.90. The number of hydrogen-bond donors (Lipinski definition) is 1. The molecule has 0 spiro atoms. The topological polar surface area (TPSA) is 58.7 Å². The summed E-state index contributed by atoms with van der Waals surface area (Å²) < 4.78 is 1.14. The fraction of sp³-hybridized carbons (Fsp3) is 0.500. The maximum atomic E-state index is 12.7. The molecule has 1 aliphatic rings. The monoisotopic (exact) mass is 399 g/mol. The number of aliphatic imine (C=N–C) groups is 1. The molecule has 0 aromatic heterocycles. The first-order valence-corrected chi connectivity index (χ1v) is 8.37. The van der Waals surface area contributed by atoms with E-state index in [2.05, 4.69) is 40.6 Å². The van der Waals surface area contributed by atoms with Crippen LogP contribution in [0.2, 0.25) is 0 Å². The van der Waals surface area contributed by atoms with Crippen LogP contribution in [0.25, 0.3) is 0 Å². The van der Waals surface area contributed by atoms with Crippen LogP contribution in [0, 0.1) is 9.49 Å². The minimum atomic E-state index is -0.579. The number of nitrogens with zero attached hydrogens (tertiary/aromatic N) is 2. The van der Waals surface area contributed by atoms with Crippen LogP contribution in [0.1, 0.15) is 38.7 Å². The summed E-state index contributed by atoms with van der Waals surface area (Å²) in [6, 6.07) is 8.18. The largest absolute Gasteiger partial charge is 0.369 e. The quantitative estimate of drug-likeness (QED) is 0.792. The molecule has 4 nitrogen and oxygen atoms in total. The molecule has 1 aromatic rings. The molecule has 1 heterocycles. The highest BCUT2D eigenvalue weighted by atomic mass is 127. The summed E-state index contributed by atoms with van der Waals surface area (Å²) in [6.07, 6.45) is 2.91. The molecule has 2 N–H and O–H groups in total. The van der Waals surface area contributed by atoms with Gasteiger partial charge in [0.25, 0.3) is 0 Å². The molecule has 2 atom stereocenters. The number of carbonyl (C=O) groups excluding carboxylic acids is 1. The molecule has 1 aromatic carbocycles. The van der Waals surface area contributed by atoms with Crippen LogP contribution in [0.3, 0.4) is 0 Å². The molecule has 5 heteroatoms. The van der Waals surface area contributed by atoms with E-state index in [1.165, 1.54) is 4.90 Å². The van der Waals surface area contributed by atoms with Crippen LogP contribution in [0.5, 0.6) is 0 Å². The number of benzene rings is 1. The summed E-state index contributed by atoms with van der Waals surface area (Å²) in [4.78, 5) is 18.8. The third-order valence-electron chi connectivity index (χ3n) is 4.25. The standard InChI is InChI=1S/C16H22IN3O/c1-4-5-9-13-14(21)20(3)15(18)19-16(13,2)11-7-6-8-12(17)10-11/h6-8,10,13H,4-5,9H2,1-3H3,(H2,18,19)/t13-,16+/m0/s1. The van der Waals surface area contributed by atoms with Crippen molar-refractivity contribution in [3.63, 3.8) is 0 Å². The molecule has 1 aliphatic heterocycles. The van der Waals surface area contributed by atoms with Gasteiger partial charge in [0.15, 0.2) is 5.96 Å². The molecule has 21 heavy (non-hydrogen) atoms. The Bertz CT molecular complexity index is 572. The van der Waals surface area contributed by atoms with Crippen molar-refractivity contribution in [1.29, 1.82) is 0 Å². The zero-order valence-electron chi connectivity index (χ0n) is 12.8. The van der Waals surface area contributed by atoms with Gasteiger partial charge >= 0.3 is 0 Å². The van der Waals surface area contributed by atoms with Gasteiger partial charge in [0.1, 0.15) is 0 Å². The molecule has 0 saturated heterocycles. The first kappa shape index (κ1) is 16.3. The van der Waals surface area contributed by atoms with Gasteiger partial charge in [-0.1, -0.05) is 31.9 Å². The van der Waals surface area contributed by atoms with E-state index >= 15 is 0 Å². The normalized spacial score (nSPS) is 25.9. The van der Waals surface area contributed by atoms with Crippen LogP contribution >= 0.6 is 22.6 Å². The fourth-order valence-electron chi connectivity index (χ4n) is 2.86. The number of guanidine groups is 1. The van der Waals surface area contributed by atoms with E-state index in [0.29, 0.717) is 5.96 Å². The summed E-state index contributed by atoms with van der Waals surface area (Å²) in [5.74, 6) is 0.208. The Hall–Kier alpha value is -1.11. The second-order valence-electron chi connectivity index (χ2n) is 5.72. The average Bonchev–Trinajstić information content (AvgIpc) is 2.45. The van der Waals surface area contributed by atoms with Gasteiger partial charge in [0, 0.05) is 10.6 Å². The van der Waals surface area contributed by atoms with Crippen molar-refractivity contribution >= 4 is 34.5 Å². The van der Waals surface area contributed by atoms with Gasteiger partial charge in [-0.3, -0.25) is 9.69 Å². The van der Waals surface area contributed by atoms with Crippen LogP contribution in [0.4, 0.5) is 0 Å². The molecule has 0 saturated carbocycles. The second-order valence-corrected chi connectivity index (χ2v) is 6.97. The van der Waals surface area contributed by atoms with E-state index in [4.69, 9.17) is 5.73 Å². The lowest BCUT2D eigenvalue weighted by molar-refractivity contribution is -0.134. The number of amides is 1. The molecule has 114 valence electrons. The van der Waals surface area contributed by atoms with Crippen LogP contribution in [-0.4, -0.2) is 23.8 Å². The number of hydrogen-bond acceptors (Lipinski definition) is 3. The molecular formula is C16H22IN3O. The molecule has 0 bridgehead atoms. The van der Waals surface area contributed by atoms with E-state index in [9.17, 15) is 4.79 Å². The lowest BCUT2D eigenvalue weighted by Crippen LogP contribution is -2.53. The molecule has 1 amide bonds. The smallest absolute Gasteiger partial charge is 0.234 e.